The minimum Gasteiger partial charge on any atom is -0.340 e. The highest BCUT2D eigenvalue weighted by molar-refractivity contribution is 6.30. The topological polar surface area (TPSA) is 45.2 Å². The van der Waals surface area contributed by atoms with Crippen molar-refractivity contribution in [2.24, 2.45) is 0 Å². The SMILES string of the molecule is Cc1ccnc(N(C)C2CCN(Cc3cccnc3Cl)C2)n1. The Hall–Kier alpha value is -1.72. The summed E-state index contributed by atoms with van der Waals surface area (Å²) in [5.74, 6) is 0.797. The maximum Gasteiger partial charge on any atom is 0.225 e. The maximum atomic E-state index is 6.15. The molecule has 0 radical (unpaired) electrons. The minimum atomic E-state index is 0.428. The normalized spacial score (nSPS) is 18.6. The smallest absolute Gasteiger partial charge is 0.225 e. The molecule has 5 nitrogen and oxygen atoms in total. The summed E-state index contributed by atoms with van der Waals surface area (Å²) < 4.78 is 0. The molecule has 1 fully saturated rings. The summed E-state index contributed by atoms with van der Waals surface area (Å²) in [6.07, 6.45) is 4.64. The summed E-state index contributed by atoms with van der Waals surface area (Å²) in [6.45, 7) is 4.86. The Bertz CT molecular complexity index is 648. The minimum absolute atomic E-state index is 0.428. The van der Waals surface area contributed by atoms with Crippen molar-refractivity contribution >= 4 is 17.5 Å². The third-order valence-corrected chi connectivity index (χ3v) is 4.46. The Balaban J connectivity index is 1.64. The van der Waals surface area contributed by atoms with E-state index in [0.29, 0.717) is 11.2 Å². The van der Waals surface area contributed by atoms with Gasteiger partial charge >= 0.3 is 0 Å². The number of rotatable bonds is 4. The van der Waals surface area contributed by atoms with E-state index >= 15 is 0 Å². The molecule has 22 heavy (non-hydrogen) atoms. The standard InChI is InChI=1S/C16H20ClN5/c1-12-5-8-19-16(20-12)21(2)14-6-9-22(11-14)10-13-4-3-7-18-15(13)17/h3-5,7-8,14H,6,9-11H2,1-2H3. The summed E-state index contributed by atoms with van der Waals surface area (Å²) in [4.78, 5) is 17.6. The third kappa shape index (κ3) is 3.36. The van der Waals surface area contributed by atoms with Crippen LogP contribution in [0.5, 0.6) is 0 Å². The second-order valence-electron chi connectivity index (χ2n) is 5.74. The van der Waals surface area contributed by atoms with Crippen LogP contribution >= 0.6 is 11.6 Å². The lowest BCUT2D eigenvalue weighted by atomic mass is 10.2. The number of halogens is 1. The molecule has 3 rings (SSSR count). The van der Waals surface area contributed by atoms with E-state index in [1.54, 1.807) is 6.20 Å². The van der Waals surface area contributed by atoms with Crippen molar-refractivity contribution in [3.05, 3.63) is 47.0 Å². The number of anilines is 1. The van der Waals surface area contributed by atoms with Gasteiger partial charge in [-0.25, -0.2) is 15.0 Å². The summed E-state index contributed by atoms with van der Waals surface area (Å²) in [6, 6.07) is 6.32. The van der Waals surface area contributed by atoms with Crippen molar-refractivity contribution in [1.82, 2.24) is 19.9 Å². The first kappa shape index (κ1) is 15.2. The van der Waals surface area contributed by atoms with Crippen LogP contribution in [-0.4, -0.2) is 46.0 Å². The van der Waals surface area contributed by atoms with Crippen LogP contribution in [0.3, 0.4) is 0 Å². The van der Waals surface area contributed by atoms with Crippen molar-refractivity contribution < 1.29 is 0 Å². The molecule has 0 amide bonds. The molecular formula is C16H20ClN5. The van der Waals surface area contributed by atoms with Crippen molar-refractivity contribution in [3.8, 4) is 0 Å². The second kappa shape index (κ2) is 6.58. The van der Waals surface area contributed by atoms with Gasteiger partial charge in [0.1, 0.15) is 5.15 Å². The first-order chi connectivity index (χ1) is 10.6. The Kier molecular flexibility index (Phi) is 4.55. The van der Waals surface area contributed by atoms with Gasteiger partial charge in [-0.1, -0.05) is 17.7 Å². The molecule has 1 saturated heterocycles. The highest BCUT2D eigenvalue weighted by Crippen LogP contribution is 2.22. The molecule has 0 N–H and O–H groups in total. The lowest BCUT2D eigenvalue weighted by molar-refractivity contribution is 0.325. The molecule has 1 atom stereocenters. The van der Waals surface area contributed by atoms with Crippen LogP contribution in [0.25, 0.3) is 0 Å². The molecule has 1 unspecified atom stereocenters. The second-order valence-corrected chi connectivity index (χ2v) is 6.10. The van der Waals surface area contributed by atoms with Crippen LogP contribution in [0.15, 0.2) is 30.6 Å². The molecule has 0 aromatic carbocycles. The fraction of sp³-hybridized carbons (Fsp3) is 0.438. The zero-order chi connectivity index (χ0) is 15.5. The summed E-state index contributed by atoms with van der Waals surface area (Å²) in [5.41, 5.74) is 2.08. The summed E-state index contributed by atoms with van der Waals surface area (Å²) >= 11 is 6.15. The number of likely N-dealkylation sites (N-methyl/N-ethyl adjacent to an activating group) is 1. The summed E-state index contributed by atoms with van der Waals surface area (Å²) in [7, 11) is 2.07. The van der Waals surface area contributed by atoms with Crippen LogP contribution in [-0.2, 0) is 6.54 Å². The summed E-state index contributed by atoms with van der Waals surface area (Å²) in [5, 5.41) is 0.598. The van der Waals surface area contributed by atoms with E-state index in [-0.39, 0.29) is 0 Å². The Labute approximate surface area is 136 Å². The van der Waals surface area contributed by atoms with Gasteiger partial charge in [-0.05, 0) is 25.5 Å². The average Bonchev–Trinajstić information content (AvgIpc) is 2.97. The van der Waals surface area contributed by atoms with Gasteiger partial charge in [0.2, 0.25) is 5.95 Å². The quantitative estimate of drug-likeness (QED) is 0.811. The van der Waals surface area contributed by atoms with Gasteiger partial charge in [0.25, 0.3) is 0 Å². The van der Waals surface area contributed by atoms with E-state index in [0.717, 1.165) is 43.3 Å². The van der Waals surface area contributed by atoms with Crippen LogP contribution < -0.4 is 4.90 Å². The number of aromatic nitrogens is 3. The van der Waals surface area contributed by atoms with Gasteiger partial charge in [-0.15, -0.1) is 0 Å². The highest BCUT2D eigenvalue weighted by atomic mass is 35.5. The number of likely N-dealkylation sites (tertiary alicyclic amines) is 1. The Morgan fingerprint density at radius 1 is 1.32 bits per heavy atom. The van der Waals surface area contributed by atoms with E-state index < -0.39 is 0 Å². The number of aryl methyl sites for hydroxylation is 1. The van der Waals surface area contributed by atoms with Crippen LogP contribution in [0.1, 0.15) is 17.7 Å². The predicted octanol–water partition coefficient (Wildman–Crippen LogP) is 2.54. The van der Waals surface area contributed by atoms with E-state index in [9.17, 15) is 0 Å². The van der Waals surface area contributed by atoms with Crippen molar-refractivity contribution in [2.75, 3.05) is 25.0 Å². The third-order valence-electron chi connectivity index (χ3n) is 4.12. The molecular weight excluding hydrogens is 298 g/mol. The first-order valence-corrected chi connectivity index (χ1v) is 7.85. The zero-order valence-electron chi connectivity index (χ0n) is 12.9. The Morgan fingerprint density at radius 3 is 2.95 bits per heavy atom. The van der Waals surface area contributed by atoms with Crippen molar-refractivity contribution in [3.63, 3.8) is 0 Å². The van der Waals surface area contributed by atoms with Crippen LogP contribution in [0.2, 0.25) is 5.15 Å². The van der Waals surface area contributed by atoms with Gasteiger partial charge in [0, 0.05) is 56.4 Å². The largest absolute Gasteiger partial charge is 0.340 e. The van der Waals surface area contributed by atoms with Crippen LogP contribution in [0, 0.1) is 6.92 Å². The Morgan fingerprint density at radius 2 is 2.18 bits per heavy atom. The number of pyridine rings is 1. The fourth-order valence-corrected chi connectivity index (χ4v) is 3.00. The number of hydrogen-bond donors (Lipinski definition) is 0. The predicted molar refractivity (Wildman–Crippen MR) is 88.1 cm³/mol. The highest BCUT2D eigenvalue weighted by Gasteiger charge is 2.27. The van der Waals surface area contributed by atoms with Crippen molar-refractivity contribution in [1.29, 1.82) is 0 Å². The van der Waals surface area contributed by atoms with Gasteiger partial charge in [0.05, 0.1) is 0 Å². The number of nitrogens with zero attached hydrogens (tertiary/aromatic N) is 5. The monoisotopic (exact) mass is 317 g/mol. The van der Waals surface area contributed by atoms with E-state index in [2.05, 4.69) is 31.8 Å². The fourth-order valence-electron chi connectivity index (χ4n) is 2.82. The molecule has 3 heterocycles. The van der Waals surface area contributed by atoms with Gasteiger partial charge in [0.15, 0.2) is 0 Å². The molecule has 1 aliphatic heterocycles. The number of hydrogen-bond acceptors (Lipinski definition) is 5. The van der Waals surface area contributed by atoms with Crippen molar-refractivity contribution in [2.45, 2.75) is 25.9 Å². The lowest BCUT2D eigenvalue weighted by Crippen LogP contribution is -2.35. The molecule has 0 spiro atoms. The molecule has 1 aliphatic rings. The average molecular weight is 318 g/mol. The van der Waals surface area contributed by atoms with Gasteiger partial charge < -0.3 is 4.90 Å². The first-order valence-electron chi connectivity index (χ1n) is 7.47. The lowest BCUT2D eigenvalue weighted by Gasteiger charge is -2.25. The molecule has 0 aliphatic carbocycles. The van der Waals surface area contributed by atoms with Gasteiger partial charge in [-0.3, -0.25) is 4.90 Å². The van der Waals surface area contributed by atoms with E-state index in [1.165, 1.54) is 0 Å². The zero-order valence-corrected chi connectivity index (χ0v) is 13.7. The molecule has 0 bridgehead atoms. The molecule has 2 aromatic rings. The molecule has 6 heteroatoms. The molecule has 2 aromatic heterocycles. The van der Waals surface area contributed by atoms with Crippen LogP contribution in [0.4, 0.5) is 5.95 Å². The van der Waals surface area contributed by atoms with E-state index in [1.807, 2.05) is 31.3 Å². The molecule has 0 saturated carbocycles. The van der Waals surface area contributed by atoms with Gasteiger partial charge in [-0.2, -0.15) is 0 Å². The van der Waals surface area contributed by atoms with E-state index in [4.69, 9.17) is 11.6 Å². The maximum absolute atomic E-state index is 6.15. The molecule has 116 valence electrons.